The van der Waals surface area contributed by atoms with Gasteiger partial charge in [-0.1, -0.05) is 11.6 Å². The van der Waals surface area contributed by atoms with E-state index in [2.05, 4.69) is 14.7 Å². The van der Waals surface area contributed by atoms with Gasteiger partial charge in [0, 0.05) is 6.20 Å². The van der Waals surface area contributed by atoms with Crippen LogP contribution >= 0.6 is 11.6 Å². The molecule has 0 aliphatic heterocycles. The maximum absolute atomic E-state index is 11.2. The molecule has 0 spiro atoms. The summed E-state index contributed by atoms with van der Waals surface area (Å²) in [6.45, 7) is 0. The van der Waals surface area contributed by atoms with Crippen molar-refractivity contribution in [1.82, 2.24) is 9.97 Å². The summed E-state index contributed by atoms with van der Waals surface area (Å²) < 4.78 is 4.34. The minimum absolute atomic E-state index is 0.0163. The van der Waals surface area contributed by atoms with E-state index in [1.807, 2.05) is 0 Å². The van der Waals surface area contributed by atoms with Crippen LogP contribution in [0.3, 0.4) is 0 Å². The van der Waals surface area contributed by atoms with E-state index in [9.17, 15) is 9.59 Å². The molecule has 1 unspecified atom stereocenters. The van der Waals surface area contributed by atoms with E-state index in [0.29, 0.717) is 0 Å². The highest BCUT2D eigenvalue weighted by Crippen LogP contribution is 2.16. The maximum Gasteiger partial charge on any atom is 0.326 e. The van der Waals surface area contributed by atoms with Crippen molar-refractivity contribution in [2.75, 3.05) is 7.11 Å². The number of aliphatic carboxylic acids is 1. The molecule has 0 bridgehead atoms. The van der Waals surface area contributed by atoms with Crippen LogP contribution in [0, 0.1) is 0 Å². The largest absolute Gasteiger partial charge is 0.480 e. The first kappa shape index (κ1) is 11.4. The summed E-state index contributed by atoms with van der Waals surface area (Å²) >= 11 is 5.52. The molecule has 1 heterocycles. The lowest BCUT2D eigenvalue weighted by atomic mass is 10.1. The first-order chi connectivity index (χ1) is 7.06. The highest BCUT2D eigenvalue weighted by atomic mass is 35.5. The normalized spacial score (nSPS) is 11.9. The maximum atomic E-state index is 11.2. The minimum Gasteiger partial charge on any atom is -0.480 e. The summed E-state index contributed by atoms with van der Waals surface area (Å²) in [5.41, 5.74) is -0.0538. The van der Waals surface area contributed by atoms with Crippen molar-refractivity contribution in [3.8, 4) is 0 Å². The number of carbonyl (C=O) groups is 2. The van der Waals surface area contributed by atoms with Crippen molar-refractivity contribution in [3.05, 3.63) is 23.2 Å². The Kier molecular flexibility index (Phi) is 3.56. The third-order valence-electron chi connectivity index (χ3n) is 1.60. The number of ether oxygens (including phenoxy) is 1. The van der Waals surface area contributed by atoms with Gasteiger partial charge in [0.2, 0.25) is 0 Å². The van der Waals surface area contributed by atoms with Crippen LogP contribution in [0.15, 0.2) is 12.4 Å². The van der Waals surface area contributed by atoms with Crippen molar-refractivity contribution >= 4 is 23.5 Å². The Hall–Kier alpha value is -1.69. The molecule has 1 atom stereocenters. The molecule has 1 aromatic rings. The van der Waals surface area contributed by atoms with Crippen LogP contribution in [-0.2, 0) is 14.3 Å². The second-order valence-electron chi connectivity index (χ2n) is 2.56. The molecule has 0 aromatic carbocycles. The van der Waals surface area contributed by atoms with Crippen LogP contribution in [0.1, 0.15) is 11.6 Å². The molecular weight excluding hydrogens is 224 g/mol. The summed E-state index contributed by atoms with van der Waals surface area (Å²) in [7, 11) is 1.09. The molecule has 80 valence electrons. The number of halogens is 1. The smallest absolute Gasteiger partial charge is 0.326 e. The molecule has 0 aliphatic rings. The third-order valence-corrected chi connectivity index (χ3v) is 1.79. The summed E-state index contributed by atoms with van der Waals surface area (Å²) in [6.07, 6.45) is 2.39. The number of aromatic nitrogens is 2. The number of esters is 1. The highest BCUT2D eigenvalue weighted by molar-refractivity contribution is 6.29. The number of carbonyl (C=O) groups excluding carboxylic acids is 1. The van der Waals surface area contributed by atoms with Gasteiger partial charge in [0.05, 0.1) is 19.0 Å². The van der Waals surface area contributed by atoms with Crippen LogP contribution in [0.2, 0.25) is 5.15 Å². The predicted octanol–water partition coefficient (Wildman–Crippen LogP) is 0.471. The SMILES string of the molecule is COC(=O)C(C(=O)O)c1cncc(Cl)n1. The second kappa shape index (κ2) is 4.70. The molecule has 1 rings (SSSR count). The quantitative estimate of drug-likeness (QED) is 0.600. The van der Waals surface area contributed by atoms with Crippen molar-refractivity contribution in [3.63, 3.8) is 0 Å². The Morgan fingerprint density at radius 1 is 1.53 bits per heavy atom. The summed E-state index contributed by atoms with van der Waals surface area (Å²) in [5.74, 6) is -3.78. The fourth-order valence-corrected chi connectivity index (χ4v) is 1.12. The van der Waals surface area contributed by atoms with E-state index in [1.165, 1.54) is 6.20 Å². The Balaban J connectivity index is 3.10. The van der Waals surface area contributed by atoms with E-state index < -0.39 is 17.9 Å². The molecule has 0 saturated heterocycles. The van der Waals surface area contributed by atoms with Gasteiger partial charge in [-0.15, -0.1) is 0 Å². The Morgan fingerprint density at radius 2 is 2.20 bits per heavy atom. The van der Waals surface area contributed by atoms with Crippen molar-refractivity contribution in [2.24, 2.45) is 0 Å². The topological polar surface area (TPSA) is 89.4 Å². The molecular formula is C8H7ClN2O4. The van der Waals surface area contributed by atoms with Crippen LogP contribution in [0.5, 0.6) is 0 Å². The number of carboxylic acids is 1. The Morgan fingerprint density at radius 3 is 2.67 bits per heavy atom. The number of methoxy groups -OCH3 is 1. The van der Waals surface area contributed by atoms with Gasteiger partial charge in [-0.05, 0) is 0 Å². The average molecular weight is 231 g/mol. The first-order valence-corrected chi connectivity index (χ1v) is 4.22. The molecule has 0 amide bonds. The van der Waals surface area contributed by atoms with Crippen LogP contribution < -0.4 is 0 Å². The zero-order valence-electron chi connectivity index (χ0n) is 7.68. The van der Waals surface area contributed by atoms with Gasteiger partial charge >= 0.3 is 11.9 Å². The number of nitrogens with zero attached hydrogens (tertiary/aromatic N) is 2. The molecule has 1 N–H and O–H groups in total. The van der Waals surface area contributed by atoms with Gasteiger partial charge in [0.15, 0.2) is 5.92 Å². The molecule has 1 aromatic heterocycles. The van der Waals surface area contributed by atoms with Crippen LogP contribution in [0.4, 0.5) is 0 Å². The minimum atomic E-state index is -1.50. The average Bonchev–Trinajstić information content (AvgIpc) is 2.17. The summed E-state index contributed by atoms with van der Waals surface area (Å²) in [4.78, 5) is 29.3. The van der Waals surface area contributed by atoms with Gasteiger partial charge in [0.1, 0.15) is 5.15 Å². The number of hydrogen-bond acceptors (Lipinski definition) is 5. The van der Waals surface area contributed by atoms with Gasteiger partial charge in [-0.3, -0.25) is 14.6 Å². The molecule has 6 nitrogen and oxygen atoms in total. The Labute approximate surface area is 89.9 Å². The van der Waals surface area contributed by atoms with Crippen LogP contribution in [-0.4, -0.2) is 34.1 Å². The Bertz CT molecular complexity index is 396. The zero-order valence-corrected chi connectivity index (χ0v) is 8.43. The predicted molar refractivity (Wildman–Crippen MR) is 49.4 cm³/mol. The number of carboxylic acid groups (broad SMARTS) is 1. The zero-order chi connectivity index (χ0) is 11.4. The monoisotopic (exact) mass is 230 g/mol. The van der Waals surface area contributed by atoms with E-state index in [4.69, 9.17) is 16.7 Å². The molecule has 0 aliphatic carbocycles. The second-order valence-corrected chi connectivity index (χ2v) is 2.95. The van der Waals surface area contributed by atoms with Crippen molar-refractivity contribution < 1.29 is 19.4 Å². The lowest BCUT2D eigenvalue weighted by Crippen LogP contribution is -2.24. The van der Waals surface area contributed by atoms with E-state index in [0.717, 1.165) is 13.3 Å². The molecule has 0 fully saturated rings. The molecule has 0 radical (unpaired) electrons. The standard InChI is InChI=1S/C8H7ClN2O4/c1-15-8(14)6(7(12)13)4-2-10-3-5(9)11-4/h2-3,6H,1H3,(H,12,13). The molecule has 15 heavy (non-hydrogen) atoms. The van der Waals surface area contributed by atoms with Crippen LogP contribution in [0.25, 0.3) is 0 Å². The fourth-order valence-electron chi connectivity index (χ4n) is 0.961. The van der Waals surface area contributed by atoms with Gasteiger partial charge in [-0.2, -0.15) is 0 Å². The summed E-state index contributed by atoms with van der Waals surface area (Å²) in [5, 5.41) is 8.82. The lowest BCUT2D eigenvalue weighted by Gasteiger charge is -2.08. The number of rotatable bonds is 3. The first-order valence-electron chi connectivity index (χ1n) is 3.84. The molecule has 7 heteroatoms. The highest BCUT2D eigenvalue weighted by Gasteiger charge is 2.31. The molecule has 0 saturated carbocycles. The van der Waals surface area contributed by atoms with E-state index in [-0.39, 0.29) is 10.8 Å². The number of hydrogen-bond donors (Lipinski definition) is 1. The third kappa shape index (κ3) is 2.63. The summed E-state index contributed by atoms with van der Waals surface area (Å²) in [6, 6.07) is 0. The van der Waals surface area contributed by atoms with Gasteiger partial charge in [-0.25, -0.2) is 4.98 Å². The van der Waals surface area contributed by atoms with Crippen molar-refractivity contribution in [2.45, 2.75) is 5.92 Å². The van der Waals surface area contributed by atoms with Gasteiger partial charge in [0.25, 0.3) is 0 Å². The van der Waals surface area contributed by atoms with E-state index >= 15 is 0 Å². The fraction of sp³-hybridized carbons (Fsp3) is 0.250. The lowest BCUT2D eigenvalue weighted by molar-refractivity contribution is -0.152. The van der Waals surface area contributed by atoms with Gasteiger partial charge < -0.3 is 9.84 Å². The van der Waals surface area contributed by atoms with Crippen molar-refractivity contribution in [1.29, 1.82) is 0 Å². The van der Waals surface area contributed by atoms with E-state index in [1.54, 1.807) is 0 Å².